The van der Waals surface area contributed by atoms with Gasteiger partial charge in [0.2, 0.25) is 5.91 Å². The maximum atomic E-state index is 11.3. The molecule has 1 fully saturated rings. The van der Waals surface area contributed by atoms with Crippen molar-refractivity contribution in [1.29, 1.82) is 0 Å². The van der Waals surface area contributed by atoms with Crippen LogP contribution in [0.3, 0.4) is 0 Å². The minimum Gasteiger partial charge on any atom is -0.464 e. The molecule has 4 nitrogen and oxygen atoms in total. The summed E-state index contributed by atoms with van der Waals surface area (Å²) in [6, 6.07) is -0.421. The molecule has 13 heavy (non-hydrogen) atoms. The normalized spacial score (nSPS) is 23.2. The molecule has 0 aliphatic carbocycles. The molecular formula is C9H15NO3. The van der Waals surface area contributed by atoms with Crippen molar-refractivity contribution in [2.75, 3.05) is 6.61 Å². The van der Waals surface area contributed by atoms with E-state index in [0.717, 1.165) is 12.8 Å². The lowest BCUT2D eigenvalue weighted by Gasteiger charge is -2.13. The van der Waals surface area contributed by atoms with E-state index in [1.807, 2.05) is 0 Å². The molecule has 1 aliphatic rings. The van der Waals surface area contributed by atoms with Crippen molar-refractivity contribution in [1.82, 2.24) is 5.32 Å². The third-order valence-corrected chi connectivity index (χ3v) is 2.05. The molecule has 1 saturated heterocycles. The second-order valence-electron chi connectivity index (χ2n) is 3.12. The number of nitrogens with one attached hydrogen (secondary N) is 1. The van der Waals surface area contributed by atoms with Crippen LogP contribution in [0.15, 0.2) is 0 Å². The fraction of sp³-hybridized carbons (Fsp3) is 0.778. The number of esters is 1. The fourth-order valence-corrected chi connectivity index (χ4v) is 1.39. The zero-order chi connectivity index (χ0) is 9.68. The van der Waals surface area contributed by atoms with E-state index in [0.29, 0.717) is 19.4 Å². The van der Waals surface area contributed by atoms with Crippen molar-refractivity contribution in [3.63, 3.8) is 0 Å². The molecule has 1 heterocycles. The van der Waals surface area contributed by atoms with Crippen molar-refractivity contribution < 1.29 is 14.3 Å². The van der Waals surface area contributed by atoms with Gasteiger partial charge in [0.05, 0.1) is 6.61 Å². The molecule has 0 aromatic heterocycles. The highest BCUT2D eigenvalue weighted by Gasteiger charge is 2.23. The van der Waals surface area contributed by atoms with Crippen LogP contribution in [0, 0.1) is 0 Å². The van der Waals surface area contributed by atoms with Crippen LogP contribution in [-0.4, -0.2) is 24.5 Å². The lowest BCUT2D eigenvalue weighted by molar-refractivity contribution is -0.147. The van der Waals surface area contributed by atoms with Crippen LogP contribution in [0.5, 0.6) is 0 Å². The van der Waals surface area contributed by atoms with Crippen molar-refractivity contribution in [2.24, 2.45) is 0 Å². The summed E-state index contributed by atoms with van der Waals surface area (Å²) in [5, 5.41) is 2.65. The van der Waals surface area contributed by atoms with E-state index in [9.17, 15) is 9.59 Å². The number of rotatable bonds is 2. The van der Waals surface area contributed by atoms with Gasteiger partial charge in [-0.3, -0.25) is 4.79 Å². The average molecular weight is 185 g/mol. The predicted molar refractivity (Wildman–Crippen MR) is 47.0 cm³/mol. The highest BCUT2D eigenvalue weighted by Crippen LogP contribution is 2.10. The Bertz CT molecular complexity index is 203. The fourth-order valence-electron chi connectivity index (χ4n) is 1.39. The van der Waals surface area contributed by atoms with Gasteiger partial charge < -0.3 is 10.1 Å². The molecule has 1 N–H and O–H groups in total. The number of carbonyl (C=O) groups excluding carboxylic acids is 2. The molecule has 4 heteroatoms. The molecule has 0 aromatic carbocycles. The topological polar surface area (TPSA) is 55.4 Å². The van der Waals surface area contributed by atoms with Gasteiger partial charge in [0.1, 0.15) is 6.04 Å². The van der Waals surface area contributed by atoms with Gasteiger partial charge in [-0.15, -0.1) is 0 Å². The SMILES string of the molecule is CCOC(=O)C1CCCCC(=O)N1. The third kappa shape index (κ3) is 3.05. The molecule has 0 saturated carbocycles. The molecule has 0 bridgehead atoms. The first-order valence-electron chi connectivity index (χ1n) is 4.70. The highest BCUT2D eigenvalue weighted by molar-refractivity contribution is 5.84. The second-order valence-corrected chi connectivity index (χ2v) is 3.12. The average Bonchev–Trinajstić information content (AvgIpc) is 2.30. The number of hydrogen-bond acceptors (Lipinski definition) is 3. The van der Waals surface area contributed by atoms with Crippen LogP contribution in [-0.2, 0) is 14.3 Å². The van der Waals surface area contributed by atoms with Crippen LogP contribution >= 0.6 is 0 Å². The van der Waals surface area contributed by atoms with E-state index in [2.05, 4.69) is 5.32 Å². The van der Waals surface area contributed by atoms with Crippen LogP contribution in [0.1, 0.15) is 32.6 Å². The van der Waals surface area contributed by atoms with Crippen molar-refractivity contribution in [2.45, 2.75) is 38.6 Å². The minimum atomic E-state index is -0.421. The standard InChI is InChI=1S/C9H15NO3/c1-2-13-9(12)7-5-3-4-6-8(11)10-7/h7H,2-6H2,1H3,(H,10,11). The summed E-state index contributed by atoms with van der Waals surface area (Å²) < 4.78 is 4.83. The molecule has 0 radical (unpaired) electrons. The van der Waals surface area contributed by atoms with Crippen molar-refractivity contribution in [3.05, 3.63) is 0 Å². The Morgan fingerprint density at radius 2 is 2.38 bits per heavy atom. The zero-order valence-electron chi connectivity index (χ0n) is 7.84. The monoisotopic (exact) mass is 185 g/mol. The summed E-state index contributed by atoms with van der Waals surface area (Å²) in [6.45, 7) is 2.13. The number of hydrogen-bond donors (Lipinski definition) is 1. The maximum absolute atomic E-state index is 11.3. The van der Waals surface area contributed by atoms with E-state index in [4.69, 9.17) is 4.74 Å². The molecule has 1 atom stereocenters. The van der Waals surface area contributed by atoms with Gasteiger partial charge in [-0.1, -0.05) is 6.42 Å². The van der Waals surface area contributed by atoms with Crippen LogP contribution in [0.2, 0.25) is 0 Å². The molecule has 1 aliphatic heterocycles. The molecule has 0 spiro atoms. The van der Waals surface area contributed by atoms with Crippen LogP contribution in [0.4, 0.5) is 0 Å². The van der Waals surface area contributed by atoms with Gasteiger partial charge in [0.15, 0.2) is 0 Å². The number of carbonyl (C=O) groups is 2. The first-order chi connectivity index (χ1) is 6.24. The first kappa shape index (κ1) is 10.0. The van der Waals surface area contributed by atoms with Crippen LogP contribution < -0.4 is 5.32 Å². The van der Waals surface area contributed by atoms with Gasteiger partial charge in [0, 0.05) is 6.42 Å². The Kier molecular flexibility index (Phi) is 3.73. The minimum absolute atomic E-state index is 0.0458. The zero-order valence-corrected chi connectivity index (χ0v) is 7.84. The third-order valence-electron chi connectivity index (χ3n) is 2.05. The Labute approximate surface area is 77.6 Å². The van der Waals surface area contributed by atoms with Crippen molar-refractivity contribution >= 4 is 11.9 Å². The molecule has 1 unspecified atom stereocenters. The molecular weight excluding hydrogens is 170 g/mol. The van der Waals surface area contributed by atoms with Gasteiger partial charge in [-0.25, -0.2) is 4.79 Å². The quantitative estimate of drug-likeness (QED) is 0.641. The number of amides is 1. The summed E-state index contributed by atoms with van der Waals surface area (Å²) >= 11 is 0. The van der Waals surface area contributed by atoms with E-state index >= 15 is 0 Å². The summed E-state index contributed by atoms with van der Waals surface area (Å²) in [5.74, 6) is -0.353. The number of ether oxygens (including phenoxy) is 1. The van der Waals surface area contributed by atoms with Gasteiger partial charge in [0.25, 0.3) is 0 Å². The molecule has 74 valence electrons. The Morgan fingerprint density at radius 1 is 1.62 bits per heavy atom. The smallest absolute Gasteiger partial charge is 0.328 e. The summed E-state index contributed by atoms with van der Waals surface area (Å²) in [6.07, 6.45) is 2.99. The largest absolute Gasteiger partial charge is 0.464 e. The summed E-state index contributed by atoms with van der Waals surface area (Å²) in [7, 11) is 0. The maximum Gasteiger partial charge on any atom is 0.328 e. The van der Waals surface area contributed by atoms with Crippen molar-refractivity contribution in [3.8, 4) is 0 Å². The van der Waals surface area contributed by atoms with Gasteiger partial charge in [-0.05, 0) is 19.8 Å². The highest BCUT2D eigenvalue weighted by atomic mass is 16.5. The van der Waals surface area contributed by atoms with Gasteiger partial charge >= 0.3 is 5.97 Å². The van der Waals surface area contributed by atoms with E-state index in [1.54, 1.807) is 6.92 Å². The Hall–Kier alpha value is -1.06. The van der Waals surface area contributed by atoms with E-state index < -0.39 is 6.04 Å². The molecule has 1 rings (SSSR count). The summed E-state index contributed by atoms with van der Waals surface area (Å²) in [5.41, 5.74) is 0. The van der Waals surface area contributed by atoms with E-state index in [1.165, 1.54) is 0 Å². The molecule has 0 aromatic rings. The second kappa shape index (κ2) is 4.84. The lowest BCUT2D eigenvalue weighted by Crippen LogP contribution is -2.40. The molecule has 1 amide bonds. The first-order valence-corrected chi connectivity index (χ1v) is 4.70. The Balaban J connectivity index is 2.47. The summed E-state index contributed by atoms with van der Waals surface area (Å²) in [4.78, 5) is 22.3. The van der Waals surface area contributed by atoms with Crippen LogP contribution in [0.25, 0.3) is 0 Å². The van der Waals surface area contributed by atoms with E-state index in [-0.39, 0.29) is 11.9 Å². The lowest BCUT2D eigenvalue weighted by atomic mass is 10.1. The Morgan fingerprint density at radius 3 is 3.08 bits per heavy atom. The predicted octanol–water partition coefficient (Wildman–Crippen LogP) is 0.608. The van der Waals surface area contributed by atoms with Gasteiger partial charge in [-0.2, -0.15) is 0 Å².